The minimum absolute atomic E-state index is 0.288. The maximum Gasteiger partial charge on any atom is 0.164 e. The molecule has 1 unspecified atom stereocenters. The van der Waals surface area contributed by atoms with Crippen molar-refractivity contribution in [3.05, 3.63) is 181 Å². The largest absolute Gasteiger partial charge is 0.379 e. The van der Waals surface area contributed by atoms with Crippen molar-refractivity contribution in [2.75, 3.05) is 6.54 Å². The summed E-state index contributed by atoms with van der Waals surface area (Å²) in [4.78, 5) is 15.2. The smallest absolute Gasteiger partial charge is 0.164 e. The van der Waals surface area contributed by atoms with Crippen LogP contribution in [-0.4, -0.2) is 27.5 Å². The van der Waals surface area contributed by atoms with Gasteiger partial charge in [-0.25, -0.2) is 15.0 Å². The Labute approximate surface area is 297 Å². The summed E-state index contributed by atoms with van der Waals surface area (Å²) >= 11 is 0. The quantitative estimate of drug-likeness (QED) is 0.174. The first-order valence-electron chi connectivity index (χ1n) is 17.4. The van der Waals surface area contributed by atoms with Crippen LogP contribution in [0.15, 0.2) is 175 Å². The molecule has 0 saturated carbocycles. The number of aromatic nitrogens is 3. The molecular formula is C46H35N5. The highest BCUT2D eigenvalue weighted by molar-refractivity contribution is 6.14. The molecule has 6 aromatic carbocycles. The first-order valence-corrected chi connectivity index (χ1v) is 17.4. The zero-order chi connectivity index (χ0) is 34.1. The van der Waals surface area contributed by atoms with Crippen molar-refractivity contribution in [2.24, 2.45) is 0 Å². The lowest BCUT2D eigenvalue weighted by molar-refractivity contribution is 0.704. The van der Waals surface area contributed by atoms with E-state index in [0.717, 1.165) is 39.2 Å². The lowest BCUT2D eigenvalue weighted by Crippen LogP contribution is -2.32. The summed E-state index contributed by atoms with van der Waals surface area (Å²) in [5, 5.41) is 12.1. The van der Waals surface area contributed by atoms with Gasteiger partial charge in [0.15, 0.2) is 17.5 Å². The summed E-state index contributed by atoms with van der Waals surface area (Å²) in [6.45, 7) is 2.84. The van der Waals surface area contributed by atoms with Gasteiger partial charge in [0, 0.05) is 29.3 Å². The molecule has 244 valence electrons. The predicted molar refractivity (Wildman–Crippen MR) is 210 cm³/mol. The molecule has 0 saturated heterocycles. The topological polar surface area (TPSA) is 62.7 Å². The van der Waals surface area contributed by atoms with Crippen LogP contribution in [0.4, 0.5) is 0 Å². The van der Waals surface area contributed by atoms with E-state index < -0.39 is 0 Å². The zero-order valence-corrected chi connectivity index (χ0v) is 28.2. The zero-order valence-electron chi connectivity index (χ0n) is 28.2. The van der Waals surface area contributed by atoms with Crippen LogP contribution in [0.3, 0.4) is 0 Å². The van der Waals surface area contributed by atoms with Gasteiger partial charge in [-0.15, -0.1) is 0 Å². The van der Waals surface area contributed by atoms with E-state index in [1.807, 2.05) is 60.7 Å². The molecule has 51 heavy (non-hydrogen) atoms. The third kappa shape index (κ3) is 6.00. The highest BCUT2D eigenvalue weighted by atomic mass is 15.0. The van der Waals surface area contributed by atoms with Crippen LogP contribution < -0.4 is 10.6 Å². The van der Waals surface area contributed by atoms with Crippen molar-refractivity contribution in [1.29, 1.82) is 0 Å². The van der Waals surface area contributed by atoms with Gasteiger partial charge in [-0.05, 0) is 87.1 Å². The molecule has 0 radical (unpaired) electrons. The van der Waals surface area contributed by atoms with Crippen molar-refractivity contribution >= 4 is 27.1 Å². The number of hydrogen-bond acceptors (Lipinski definition) is 5. The van der Waals surface area contributed by atoms with Gasteiger partial charge < -0.3 is 10.6 Å². The van der Waals surface area contributed by atoms with Gasteiger partial charge in [0.2, 0.25) is 0 Å². The van der Waals surface area contributed by atoms with Crippen molar-refractivity contribution in [3.8, 4) is 45.3 Å². The van der Waals surface area contributed by atoms with Gasteiger partial charge in [-0.2, -0.15) is 0 Å². The van der Waals surface area contributed by atoms with Gasteiger partial charge in [-0.1, -0.05) is 127 Å². The number of dihydropyridines is 2. The SMILES string of the molecule is CC1C=CC=C(C2=CC=C(c3cc(-c4nc(-c5ccccc5)nc(-c5ccccc5)n4)cc(-c4cc5ccccc5c5ccccc45)c3)CN2)N1. The highest BCUT2D eigenvalue weighted by Gasteiger charge is 2.19. The van der Waals surface area contributed by atoms with E-state index in [4.69, 9.17) is 15.0 Å². The van der Waals surface area contributed by atoms with Crippen molar-refractivity contribution in [2.45, 2.75) is 13.0 Å². The van der Waals surface area contributed by atoms with Crippen LogP contribution in [0.2, 0.25) is 0 Å². The lowest BCUT2D eigenvalue weighted by atomic mass is 9.90. The minimum Gasteiger partial charge on any atom is -0.379 e. The Kier molecular flexibility index (Phi) is 7.78. The van der Waals surface area contributed by atoms with Crippen molar-refractivity contribution < 1.29 is 0 Å². The fourth-order valence-corrected chi connectivity index (χ4v) is 7.03. The van der Waals surface area contributed by atoms with Crippen LogP contribution in [0.1, 0.15) is 12.5 Å². The number of nitrogens with one attached hydrogen (secondary N) is 2. The maximum atomic E-state index is 5.12. The third-order valence-corrected chi connectivity index (χ3v) is 9.60. The molecule has 2 aliphatic rings. The van der Waals surface area contributed by atoms with Gasteiger partial charge in [0.05, 0.1) is 11.4 Å². The number of allylic oxidation sites excluding steroid dienone is 4. The monoisotopic (exact) mass is 657 g/mol. The molecule has 0 bridgehead atoms. The number of rotatable bonds is 6. The molecule has 9 rings (SSSR count). The normalized spacial score (nSPS) is 15.5. The molecule has 1 aromatic heterocycles. The second kappa shape index (κ2) is 13.0. The van der Waals surface area contributed by atoms with E-state index in [9.17, 15) is 0 Å². The Bertz CT molecular complexity index is 2510. The first kappa shape index (κ1) is 30.5. The summed E-state index contributed by atoms with van der Waals surface area (Å²) in [5.74, 6) is 1.92. The number of nitrogens with zero attached hydrogens (tertiary/aromatic N) is 3. The Morgan fingerprint density at radius 3 is 1.76 bits per heavy atom. The molecular weight excluding hydrogens is 623 g/mol. The Morgan fingerprint density at radius 2 is 1.10 bits per heavy atom. The minimum atomic E-state index is 0.288. The van der Waals surface area contributed by atoms with E-state index in [1.54, 1.807) is 0 Å². The first-order chi connectivity index (χ1) is 25.2. The van der Waals surface area contributed by atoms with Crippen LogP contribution in [0, 0.1) is 0 Å². The molecule has 0 amide bonds. The number of hydrogen-bond donors (Lipinski definition) is 2. The molecule has 0 fully saturated rings. The number of benzene rings is 6. The van der Waals surface area contributed by atoms with Crippen molar-refractivity contribution in [1.82, 2.24) is 25.6 Å². The van der Waals surface area contributed by atoms with Gasteiger partial charge in [-0.3, -0.25) is 0 Å². The molecule has 0 spiro atoms. The fourth-order valence-electron chi connectivity index (χ4n) is 7.03. The van der Waals surface area contributed by atoms with E-state index in [1.165, 1.54) is 32.7 Å². The summed E-state index contributed by atoms with van der Waals surface area (Å²) in [6, 6.07) is 47.0. The third-order valence-electron chi connectivity index (χ3n) is 9.60. The molecule has 2 N–H and O–H groups in total. The molecule has 1 atom stereocenters. The Morgan fingerprint density at radius 1 is 0.510 bits per heavy atom. The van der Waals surface area contributed by atoms with E-state index >= 15 is 0 Å². The molecule has 5 heteroatoms. The van der Waals surface area contributed by atoms with Gasteiger partial charge in [0.25, 0.3) is 0 Å². The van der Waals surface area contributed by atoms with Crippen molar-refractivity contribution in [3.63, 3.8) is 0 Å². The van der Waals surface area contributed by atoms with E-state index in [2.05, 4.69) is 121 Å². The molecule has 5 nitrogen and oxygen atoms in total. The molecule has 3 heterocycles. The number of fused-ring (bicyclic) bond motifs is 3. The molecule has 2 aliphatic heterocycles. The second-order valence-corrected chi connectivity index (χ2v) is 13.1. The summed E-state index contributed by atoms with van der Waals surface area (Å²) < 4.78 is 0. The maximum absolute atomic E-state index is 5.12. The average molecular weight is 658 g/mol. The Balaban J connectivity index is 1.26. The second-order valence-electron chi connectivity index (χ2n) is 13.1. The van der Waals surface area contributed by atoms with Gasteiger partial charge in [0.1, 0.15) is 0 Å². The van der Waals surface area contributed by atoms with E-state index in [-0.39, 0.29) is 6.04 Å². The van der Waals surface area contributed by atoms with E-state index in [0.29, 0.717) is 24.0 Å². The lowest BCUT2D eigenvalue weighted by Gasteiger charge is -2.24. The summed E-state index contributed by atoms with van der Waals surface area (Å²) in [6.07, 6.45) is 10.8. The Hall–Kier alpha value is -6.59. The fraction of sp³-hybridized carbons (Fsp3) is 0.0652. The van der Waals surface area contributed by atoms with Crippen LogP contribution in [-0.2, 0) is 0 Å². The van der Waals surface area contributed by atoms with Crippen LogP contribution >= 0.6 is 0 Å². The molecule has 0 aliphatic carbocycles. The summed E-state index contributed by atoms with van der Waals surface area (Å²) in [5.41, 5.74) is 9.60. The molecule has 7 aromatic rings. The standard InChI is InChI=1S/C46H35N5/c1-30-13-12-22-43(48-30)42-24-23-34(29-47-42)35-25-36(41-28-33-18-8-9-19-38(33)39-20-10-11-21-40(39)41)27-37(26-35)46-50-44(31-14-4-2-5-15-31)49-45(51-46)32-16-6-3-7-17-32/h2-28,30,47-48H,29H2,1H3. The van der Waals surface area contributed by atoms with Crippen LogP contribution in [0.5, 0.6) is 0 Å². The average Bonchev–Trinajstić information content (AvgIpc) is 3.21. The van der Waals surface area contributed by atoms with Gasteiger partial charge >= 0.3 is 0 Å². The highest BCUT2D eigenvalue weighted by Crippen LogP contribution is 2.38. The summed E-state index contributed by atoms with van der Waals surface area (Å²) in [7, 11) is 0. The van der Waals surface area contributed by atoms with Crippen LogP contribution in [0.25, 0.3) is 72.4 Å². The predicted octanol–water partition coefficient (Wildman–Crippen LogP) is 10.1.